The monoisotopic (exact) mass is 380 g/mol. The molecular formula is C22H28N4O2. The molecule has 1 atom stereocenters. The molecule has 1 heterocycles. The second kappa shape index (κ2) is 9.26. The van der Waals surface area contributed by atoms with E-state index in [1.165, 1.54) is 0 Å². The van der Waals surface area contributed by atoms with E-state index in [4.69, 9.17) is 10.5 Å². The highest BCUT2D eigenvalue weighted by Crippen LogP contribution is 2.31. The van der Waals surface area contributed by atoms with Gasteiger partial charge in [-0.05, 0) is 37.6 Å². The number of benzene rings is 2. The van der Waals surface area contributed by atoms with Gasteiger partial charge in [-0.15, -0.1) is 0 Å². The van der Waals surface area contributed by atoms with Crippen LogP contribution in [0.15, 0.2) is 53.5 Å². The third-order valence-corrected chi connectivity index (χ3v) is 4.96. The minimum atomic E-state index is 0.0550. The van der Waals surface area contributed by atoms with Crippen LogP contribution in [0.1, 0.15) is 47.8 Å². The first kappa shape index (κ1) is 19.7. The van der Waals surface area contributed by atoms with Crippen LogP contribution in [0.3, 0.4) is 0 Å². The van der Waals surface area contributed by atoms with Gasteiger partial charge >= 0.3 is 0 Å². The van der Waals surface area contributed by atoms with Crippen LogP contribution < -0.4 is 15.8 Å². The molecule has 1 unspecified atom stereocenters. The molecule has 0 saturated heterocycles. The summed E-state index contributed by atoms with van der Waals surface area (Å²) in [6.45, 7) is 6.50. The summed E-state index contributed by atoms with van der Waals surface area (Å²) in [7, 11) is 0. The Bertz CT molecular complexity index is 829. The van der Waals surface area contributed by atoms with Gasteiger partial charge in [-0.1, -0.05) is 30.3 Å². The lowest BCUT2D eigenvalue weighted by molar-refractivity contribution is 0.0773. The largest absolute Gasteiger partial charge is 0.493 e. The van der Waals surface area contributed by atoms with Crippen LogP contribution in [-0.2, 0) is 6.54 Å². The summed E-state index contributed by atoms with van der Waals surface area (Å²) >= 11 is 0. The van der Waals surface area contributed by atoms with Crippen molar-refractivity contribution in [1.82, 2.24) is 10.2 Å². The number of guanidine groups is 1. The minimum absolute atomic E-state index is 0.0550. The lowest BCUT2D eigenvalue weighted by Crippen LogP contribution is -2.37. The maximum Gasteiger partial charge on any atom is 0.253 e. The topological polar surface area (TPSA) is 80.0 Å². The first-order chi connectivity index (χ1) is 13.6. The molecule has 0 aromatic heterocycles. The van der Waals surface area contributed by atoms with Gasteiger partial charge in [-0.25, -0.2) is 4.99 Å². The average molecular weight is 380 g/mol. The van der Waals surface area contributed by atoms with E-state index in [0.717, 1.165) is 23.3 Å². The number of carbonyl (C=O) groups is 1. The van der Waals surface area contributed by atoms with E-state index in [1.54, 1.807) is 4.90 Å². The van der Waals surface area contributed by atoms with E-state index in [2.05, 4.69) is 10.3 Å². The molecule has 2 aromatic carbocycles. The predicted molar refractivity (Wildman–Crippen MR) is 111 cm³/mol. The molecule has 0 radical (unpaired) electrons. The van der Waals surface area contributed by atoms with E-state index >= 15 is 0 Å². The third kappa shape index (κ3) is 4.63. The Hall–Kier alpha value is -3.02. The fraction of sp³-hybridized carbons (Fsp3) is 0.364. The summed E-state index contributed by atoms with van der Waals surface area (Å²) in [6.07, 6.45) is 0.843. The summed E-state index contributed by atoms with van der Waals surface area (Å²) in [6, 6.07) is 15.6. The zero-order valence-corrected chi connectivity index (χ0v) is 16.5. The summed E-state index contributed by atoms with van der Waals surface area (Å²) in [5.74, 6) is 1.36. The molecule has 2 aromatic rings. The average Bonchev–Trinajstić information content (AvgIpc) is 2.74. The van der Waals surface area contributed by atoms with Crippen molar-refractivity contribution < 1.29 is 9.53 Å². The number of carbonyl (C=O) groups excluding carboxylic acids is 1. The van der Waals surface area contributed by atoms with E-state index in [9.17, 15) is 4.79 Å². The first-order valence-electron chi connectivity index (χ1n) is 9.78. The molecule has 3 rings (SSSR count). The van der Waals surface area contributed by atoms with E-state index in [0.29, 0.717) is 37.8 Å². The Morgan fingerprint density at radius 1 is 1.18 bits per heavy atom. The highest BCUT2D eigenvalue weighted by atomic mass is 16.5. The van der Waals surface area contributed by atoms with Crippen molar-refractivity contribution in [3.05, 3.63) is 65.2 Å². The van der Waals surface area contributed by atoms with Crippen LogP contribution in [0.5, 0.6) is 5.75 Å². The summed E-state index contributed by atoms with van der Waals surface area (Å²) in [4.78, 5) is 18.6. The number of hydrogen-bond donors (Lipinski definition) is 2. The molecule has 0 bridgehead atoms. The van der Waals surface area contributed by atoms with E-state index < -0.39 is 0 Å². The number of para-hydroxylation sites is 1. The normalized spacial score (nSPS) is 16.1. The number of hydrogen-bond acceptors (Lipinski definition) is 3. The van der Waals surface area contributed by atoms with Crippen LogP contribution >= 0.6 is 0 Å². The molecule has 148 valence electrons. The lowest BCUT2D eigenvalue weighted by Gasteiger charge is -2.26. The van der Waals surface area contributed by atoms with E-state index in [1.807, 2.05) is 62.4 Å². The predicted octanol–water partition coefficient (Wildman–Crippen LogP) is 3.10. The number of fused-ring (bicyclic) bond motifs is 1. The minimum Gasteiger partial charge on any atom is -0.493 e. The molecule has 0 aliphatic carbocycles. The molecule has 28 heavy (non-hydrogen) atoms. The smallest absolute Gasteiger partial charge is 0.253 e. The molecule has 1 aliphatic rings. The van der Waals surface area contributed by atoms with Crippen molar-refractivity contribution >= 4 is 11.9 Å². The third-order valence-electron chi connectivity index (χ3n) is 4.96. The maximum absolute atomic E-state index is 12.4. The van der Waals surface area contributed by atoms with Gasteiger partial charge in [0.1, 0.15) is 5.75 Å². The van der Waals surface area contributed by atoms with Gasteiger partial charge in [0.15, 0.2) is 5.96 Å². The Morgan fingerprint density at radius 2 is 1.89 bits per heavy atom. The van der Waals surface area contributed by atoms with Crippen molar-refractivity contribution in [2.75, 3.05) is 19.7 Å². The molecule has 0 spiro atoms. The van der Waals surface area contributed by atoms with Crippen molar-refractivity contribution in [2.24, 2.45) is 10.7 Å². The van der Waals surface area contributed by atoms with Gasteiger partial charge < -0.3 is 20.7 Å². The molecule has 1 amide bonds. The molecule has 3 N–H and O–H groups in total. The number of rotatable bonds is 6. The van der Waals surface area contributed by atoms with Gasteiger partial charge in [0, 0.05) is 30.6 Å². The number of nitrogens with one attached hydrogen (secondary N) is 1. The Balaban J connectivity index is 1.60. The zero-order valence-electron chi connectivity index (χ0n) is 16.5. The Labute approximate surface area is 166 Å². The van der Waals surface area contributed by atoms with Crippen LogP contribution in [0.4, 0.5) is 0 Å². The van der Waals surface area contributed by atoms with Crippen LogP contribution in [0.2, 0.25) is 0 Å². The van der Waals surface area contributed by atoms with Gasteiger partial charge in [-0.3, -0.25) is 4.79 Å². The maximum atomic E-state index is 12.4. The Morgan fingerprint density at radius 3 is 2.61 bits per heavy atom. The van der Waals surface area contributed by atoms with Gasteiger partial charge in [0.05, 0.1) is 19.2 Å². The van der Waals surface area contributed by atoms with Crippen molar-refractivity contribution in [3.8, 4) is 5.75 Å². The van der Waals surface area contributed by atoms with Crippen LogP contribution in [0, 0.1) is 0 Å². The summed E-state index contributed by atoms with van der Waals surface area (Å²) < 4.78 is 5.68. The molecule has 1 aliphatic heterocycles. The van der Waals surface area contributed by atoms with Gasteiger partial charge in [0.25, 0.3) is 5.91 Å². The first-order valence-corrected chi connectivity index (χ1v) is 9.78. The van der Waals surface area contributed by atoms with E-state index in [-0.39, 0.29) is 11.9 Å². The highest BCUT2D eigenvalue weighted by Gasteiger charge is 2.21. The second-order valence-corrected chi connectivity index (χ2v) is 6.75. The lowest BCUT2D eigenvalue weighted by atomic mass is 10.0. The number of amides is 1. The SMILES string of the molecule is CCN(CC)C(=O)c1ccc(CN=C(N)NC2CCOc3ccccc32)cc1. The molecule has 6 heteroatoms. The summed E-state index contributed by atoms with van der Waals surface area (Å²) in [5, 5.41) is 3.29. The Kier molecular flexibility index (Phi) is 6.53. The standard InChI is InChI=1S/C22H28N4O2/c1-3-26(4-2)21(27)17-11-9-16(10-12-17)15-24-22(23)25-19-13-14-28-20-8-6-5-7-18(19)20/h5-12,19H,3-4,13-15H2,1-2H3,(H3,23,24,25). The van der Waals surface area contributed by atoms with Crippen LogP contribution in [-0.4, -0.2) is 36.5 Å². The zero-order chi connectivity index (χ0) is 19.9. The fourth-order valence-electron chi connectivity index (χ4n) is 3.34. The number of aliphatic imine (C=N–C) groups is 1. The van der Waals surface area contributed by atoms with Crippen molar-refractivity contribution in [2.45, 2.75) is 32.9 Å². The van der Waals surface area contributed by atoms with Gasteiger partial charge in [0.2, 0.25) is 0 Å². The quantitative estimate of drug-likeness (QED) is 0.596. The number of nitrogens with two attached hydrogens (primary N) is 1. The second-order valence-electron chi connectivity index (χ2n) is 6.75. The van der Waals surface area contributed by atoms with Crippen molar-refractivity contribution in [3.63, 3.8) is 0 Å². The number of nitrogens with zero attached hydrogens (tertiary/aromatic N) is 2. The fourth-order valence-corrected chi connectivity index (χ4v) is 3.34. The van der Waals surface area contributed by atoms with Gasteiger partial charge in [-0.2, -0.15) is 0 Å². The van der Waals surface area contributed by atoms with Crippen LogP contribution in [0.25, 0.3) is 0 Å². The molecular weight excluding hydrogens is 352 g/mol. The molecule has 0 fully saturated rings. The summed E-state index contributed by atoms with van der Waals surface area (Å²) in [5.41, 5.74) is 8.91. The molecule has 0 saturated carbocycles. The number of ether oxygens (including phenoxy) is 1. The molecule has 6 nitrogen and oxygen atoms in total. The van der Waals surface area contributed by atoms with Crippen molar-refractivity contribution in [1.29, 1.82) is 0 Å². The highest BCUT2D eigenvalue weighted by molar-refractivity contribution is 5.94.